The summed E-state index contributed by atoms with van der Waals surface area (Å²) >= 11 is 0. The number of aromatic nitrogens is 2. The Morgan fingerprint density at radius 1 is 0.375 bits per heavy atom. The fourth-order valence-electron chi connectivity index (χ4n) is 8.90. The Kier molecular flexibility index (Phi) is 6.10. The van der Waals surface area contributed by atoms with Crippen LogP contribution in [0.15, 0.2) is 167 Å². The van der Waals surface area contributed by atoms with Crippen LogP contribution < -0.4 is 0 Å². The highest BCUT2D eigenvalue weighted by Gasteiger charge is 2.20. The number of nitriles is 2. The third kappa shape index (κ3) is 4.18. The molecular weight excluding hydrogens is 689 g/mol. The summed E-state index contributed by atoms with van der Waals surface area (Å²) in [7, 11) is 0. The number of para-hydroxylation sites is 2. The van der Waals surface area contributed by atoms with Crippen molar-refractivity contribution >= 4 is 87.5 Å². The third-order valence-corrected chi connectivity index (χ3v) is 11.4. The van der Waals surface area contributed by atoms with Gasteiger partial charge in [0.25, 0.3) is 0 Å². The normalized spacial score (nSPS) is 11.9. The summed E-state index contributed by atoms with van der Waals surface area (Å²) in [6, 6.07) is 58.8. The van der Waals surface area contributed by atoms with Gasteiger partial charge in [-0.3, -0.25) is 0 Å². The number of nitrogens with zero attached hydrogens (tertiary/aromatic N) is 4. The summed E-state index contributed by atoms with van der Waals surface area (Å²) in [4.78, 5) is 0. The SMILES string of the molecule is N#Cc1ccc2oc3ccc(-n4c5ccccc5c5cc(-c6cccc7c6c6ccccc6n7-c6ccc7oc8ccc(C#N)cc8c7c6)ccc54)cc3c2c1. The van der Waals surface area contributed by atoms with E-state index >= 15 is 0 Å². The minimum absolute atomic E-state index is 0.606. The largest absolute Gasteiger partial charge is 0.456 e. The van der Waals surface area contributed by atoms with Crippen molar-refractivity contribution in [2.45, 2.75) is 0 Å². The van der Waals surface area contributed by atoms with Crippen molar-refractivity contribution in [2.75, 3.05) is 0 Å². The molecule has 0 spiro atoms. The second kappa shape index (κ2) is 11.2. The van der Waals surface area contributed by atoms with Gasteiger partial charge >= 0.3 is 0 Å². The maximum atomic E-state index is 9.61. The zero-order valence-corrected chi connectivity index (χ0v) is 29.6. The first-order valence-electron chi connectivity index (χ1n) is 18.4. The minimum Gasteiger partial charge on any atom is -0.456 e. The minimum atomic E-state index is 0.606. The number of fused-ring (bicyclic) bond motifs is 12. The average molecular weight is 715 g/mol. The van der Waals surface area contributed by atoms with Gasteiger partial charge in [-0.15, -0.1) is 0 Å². The fourth-order valence-corrected chi connectivity index (χ4v) is 8.90. The van der Waals surface area contributed by atoms with Gasteiger partial charge in [0, 0.05) is 54.5 Å². The Morgan fingerprint density at radius 3 is 1.50 bits per heavy atom. The van der Waals surface area contributed by atoms with Crippen LogP contribution in [0, 0.1) is 22.7 Å². The zero-order chi connectivity index (χ0) is 37.1. The predicted octanol–water partition coefficient (Wildman–Crippen LogP) is 13.1. The van der Waals surface area contributed by atoms with E-state index in [1.54, 1.807) is 12.1 Å². The van der Waals surface area contributed by atoms with Gasteiger partial charge in [0.2, 0.25) is 0 Å². The lowest BCUT2D eigenvalue weighted by molar-refractivity contribution is 0.668. The number of furan rings is 2. The second-order valence-corrected chi connectivity index (χ2v) is 14.3. The van der Waals surface area contributed by atoms with E-state index < -0.39 is 0 Å². The molecule has 6 nitrogen and oxygen atoms in total. The highest BCUT2D eigenvalue weighted by atomic mass is 16.3. The van der Waals surface area contributed by atoms with E-state index in [1.165, 1.54) is 16.2 Å². The Morgan fingerprint density at radius 2 is 0.875 bits per heavy atom. The van der Waals surface area contributed by atoms with Crippen LogP contribution in [-0.2, 0) is 0 Å². The molecule has 0 amide bonds. The van der Waals surface area contributed by atoms with E-state index in [4.69, 9.17) is 8.83 Å². The highest BCUT2D eigenvalue weighted by molar-refractivity contribution is 6.18. The molecule has 0 aliphatic heterocycles. The molecule has 0 atom stereocenters. The van der Waals surface area contributed by atoms with Gasteiger partial charge in [-0.2, -0.15) is 10.5 Å². The van der Waals surface area contributed by atoms with Gasteiger partial charge < -0.3 is 18.0 Å². The van der Waals surface area contributed by atoms with E-state index in [1.807, 2.05) is 36.4 Å². The van der Waals surface area contributed by atoms with Crippen molar-refractivity contribution in [3.63, 3.8) is 0 Å². The van der Waals surface area contributed by atoms with Gasteiger partial charge in [0.1, 0.15) is 22.3 Å². The maximum Gasteiger partial charge on any atom is 0.135 e. The van der Waals surface area contributed by atoms with Gasteiger partial charge in [-0.25, -0.2) is 0 Å². The van der Waals surface area contributed by atoms with Crippen LogP contribution in [0.25, 0.3) is 110 Å². The predicted molar refractivity (Wildman–Crippen MR) is 225 cm³/mol. The summed E-state index contributed by atoms with van der Waals surface area (Å²) in [5.41, 5.74) is 13.1. The number of hydrogen-bond donors (Lipinski definition) is 0. The van der Waals surface area contributed by atoms with Crippen molar-refractivity contribution in [1.82, 2.24) is 9.13 Å². The highest BCUT2D eigenvalue weighted by Crippen LogP contribution is 2.42. The van der Waals surface area contributed by atoms with Crippen LogP contribution in [0.3, 0.4) is 0 Å². The molecule has 0 radical (unpaired) electrons. The molecule has 0 saturated carbocycles. The molecule has 0 unspecified atom stereocenters. The van der Waals surface area contributed by atoms with Crippen molar-refractivity contribution in [3.05, 3.63) is 169 Å². The van der Waals surface area contributed by atoms with Crippen LogP contribution in [0.5, 0.6) is 0 Å². The van der Waals surface area contributed by atoms with E-state index in [0.29, 0.717) is 11.1 Å². The summed E-state index contributed by atoms with van der Waals surface area (Å²) in [5, 5.41) is 27.7. The molecule has 12 rings (SSSR count). The van der Waals surface area contributed by atoms with Crippen LogP contribution in [0.1, 0.15) is 11.1 Å². The summed E-state index contributed by atoms with van der Waals surface area (Å²) in [5.74, 6) is 0. The topological polar surface area (TPSA) is 83.7 Å². The van der Waals surface area contributed by atoms with Crippen LogP contribution in [-0.4, -0.2) is 9.13 Å². The van der Waals surface area contributed by atoms with Crippen LogP contribution in [0.4, 0.5) is 0 Å². The Balaban J connectivity index is 1.07. The van der Waals surface area contributed by atoms with Gasteiger partial charge in [-0.05, 0) is 114 Å². The first kappa shape index (κ1) is 30.4. The first-order valence-corrected chi connectivity index (χ1v) is 18.4. The molecule has 12 aromatic rings. The van der Waals surface area contributed by atoms with E-state index in [-0.39, 0.29) is 0 Å². The van der Waals surface area contributed by atoms with Crippen molar-refractivity contribution in [3.8, 4) is 34.6 Å². The summed E-state index contributed by atoms with van der Waals surface area (Å²) in [6.45, 7) is 0. The van der Waals surface area contributed by atoms with E-state index in [0.717, 1.165) is 93.8 Å². The molecule has 0 saturated heterocycles. The molecule has 4 heterocycles. The molecule has 0 fully saturated rings. The van der Waals surface area contributed by atoms with Gasteiger partial charge in [0.05, 0.1) is 45.3 Å². The average Bonchev–Trinajstić information content (AvgIpc) is 4.00. The lowest BCUT2D eigenvalue weighted by Crippen LogP contribution is -1.94. The number of hydrogen-bond acceptors (Lipinski definition) is 4. The first-order chi connectivity index (χ1) is 27.6. The van der Waals surface area contributed by atoms with Crippen molar-refractivity contribution < 1.29 is 8.83 Å². The standard InChI is InChI=1S/C50H26N4O2/c51-27-29-12-18-46-38(22-29)40-25-32(15-20-48(40)55-46)53-42-9-3-1-6-35(42)37-24-31(14-17-44(37)53)34-8-5-11-45-50(34)36-7-2-4-10-43(36)54(45)33-16-21-49-41(26-33)39-23-30(28-52)13-19-47(39)56-49/h1-26H. The molecule has 0 aliphatic carbocycles. The molecule has 6 heteroatoms. The molecule has 8 aromatic carbocycles. The Bertz CT molecular complexity index is 3750. The monoisotopic (exact) mass is 714 g/mol. The molecular formula is C50H26N4O2. The number of benzene rings is 8. The smallest absolute Gasteiger partial charge is 0.135 e. The number of rotatable bonds is 3. The second-order valence-electron chi connectivity index (χ2n) is 14.3. The lowest BCUT2D eigenvalue weighted by atomic mass is 9.98. The van der Waals surface area contributed by atoms with Crippen molar-refractivity contribution in [2.24, 2.45) is 0 Å². The van der Waals surface area contributed by atoms with Crippen LogP contribution in [0.2, 0.25) is 0 Å². The molecule has 0 N–H and O–H groups in total. The van der Waals surface area contributed by atoms with E-state index in [9.17, 15) is 10.5 Å². The Labute approximate surface area is 318 Å². The Hall–Kier alpha value is -8.06. The van der Waals surface area contributed by atoms with E-state index in [2.05, 4.69) is 130 Å². The molecule has 56 heavy (non-hydrogen) atoms. The fraction of sp³-hybridized carbons (Fsp3) is 0. The van der Waals surface area contributed by atoms with Gasteiger partial charge in [-0.1, -0.05) is 54.6 Å². The third-order valence-electron chi connectivity index (χ3n) is 11.4. The zero-order valence-electron chi connectivity index (χ0n) is 29.6. The molecule has 258 valence electrons. The van der Waals surface area contributed by atoms with Crippen LogP contribution >= 0.6 is 0 Å². The van der Waals surface area contributed by atoms with Crippen molar-refractivity contribution in [1.29, 1.82) is 10.5 Å². The lowest BCUT2D eigenvalue weighted by Gasteiger charge is -2.10. The quantitative estimate of drug-likeness (QED) is 0.182. The maximum absolute atomic E-state index is 9.61. The summed E-state index contributed by atoms with van der Waals surface area (Å²) in [6.07, 6.45) is 0. The van der Waals surface area contributed by atoms with Gasteiger partial charge in [0.15, 0.2) is 0 Å². The molecule has 0 bridgehead atoms. The molecule has 0 aliphatic rings. The molecule has 4 aromatic heterocycles. The summed E-state index contributed by atoms with van der Waals surface area (Å²) < 4.78 is 17.0.